The molecule has 0 spiro atoms. The van der Waals surface area contributed by atoms with Crippen LogP contribution in [0.15, 0.2) is 54.7 Å². The Morgan fingerprint density at radius 1 is 1.14 bits per heavy atom. The van der Waals surface area contributed by atoms with Gasteiger partial charge in [-0.05, 0) is 42.5 Å². The van der Waals surface area contributed by atoms with Gasteiger partial charge in [-0.1, -0.05) is 18.2 Å². The van der Waals surface area contributed by atoms with Gasteiger partial charge in [0.2, 0.25) is 5.82 Å². The number of piperazine rings is 1. The zero-order valence-corrected chi connectivity index (χ0v) is 19.1. The highest BCUT2D eigenvalue weighted by molar-refractivity contribution is 5.95. The van der Waals surface area contributed by atoms with E-state index in [1.807, 2.05) is 47.4 Å². The summed E-state index contributed by atoms with van der Waals surface area (Å²) in [7, 11) is 0. The second-order valence-electron chi connectivity index (χ2n) is 7.65. The van der Waals surface area contributed by atoms with E-state index in [0.29, 0.717) is 43.0 Å². The van der Waals surface area contributed by atoms with Crippen LogP contribution in [-0.2, 0) is 4.74 Å². The summed E-state index contributed by atoms with van der Waals surface area (Å²) >= 11 is 0. The van der Waals surface area contributed by atoms with Crippen molar-refractivity contribution in [3.8, 4) is 6.07 Å². The van der Waals surface area contributed by atoms with Crippen molar-refractivity contribution in [3.05, 3.63) is 71.7 Å². The summed E-state index contributed by atoms with van der Waals surface area (Å²) in [5, 5.41) is 26.1. The number of aromatic nitrogens is 4. The third-order valence-corrected chi connectivity index (χ3v) is 5.51. The van der Waals surface area contributed by atoms with Crippen molar-refractivity contribution in [1.82, 2.24) is 25.5 Å². The predicted octanol–water partition coefficient (Wildman–Crippen LogP) is 2.32. The number of ether oxygens (including phenoxy) is 1. The number of esters is 1. The molecule has 3 aromatic rings. The highest BCUT2D eigenvalue weighted by Crippen LogP contribution is 2.29. The highest BCUT2D eigenvalue weighted by Gasteiger charge is 2.24. The number of aromatic amines is 1. The van der Waals surface area contributed by atoms with Gasteiger partial charge in [0.15, 0.2) is 0 Å². The summed E-state index contributed by atoms with van der Waals surface area (Å²) < 4.78 is 5.13. The lowest BCUT2D eigenvalue weighted by atomic mass is 10.1. The van der Waals surface area contributed by atoms with Crippen LogP contribution in [0.4, 0.5) is 11.4 Å². The molecular formula is C24H24N8O3. The quantitative estimate of drug-likeness (QED) is 0.391. The fraction of sp³-hybridized carbons (Fsp3) is 0.250. The van der Waals surface area contributed by atoms with Crippen LogP contribution in [0.25, 0.3) is 5.57 Å². The number of nitrogens with one attached hydrogen (secondary N) is 2. The molecular weight excluding hydrogens is 448 g/mol. The molecule has 11 nitrogen and oxygen atoms in total. The largest absolute Gasteiger partial charge is 0.462 e. The van der Waals surface area contributed by atoms with Gasteiger partial charge in [0.1, 0.15) is 11.6 Å². The van der Waals surface area contributed by atoms with E-state index in [4.69, 9.17) is 4.74 Å². The second kappa shape index (κ2) is 10.9. The first-order valence-corrected chi connectivity index (χ1v) is 11.1. The van der Waals surface area contributed by atoms with Crippen LogP contribution < -0.4 is 10.2 Å². The molecule has 1 aliphatic rings. The molecule has 0 bridgehead atoms. The van der Waals surface area contributed by atoms with Crippen LogP contribution in [-0.4, -0.2) is 70.2 Å². The molecule has 0 saturated carbocycles. The van der Waals surface area contributed by atoms with E-state index in [2.05, 4.69) is 30.8 Å². The van der Waals surface area contributed by atoms with E-state index in [-0.39, 0.29) is 23.9 Å². The summed E-state index contributed by atoms with van der Waals surface area (Å²) in [5.41, 5.74) is 2.64. The lowest BCUT2D eigenvalue weighted by Crippen LogP contribution is -2.49. The monoisotopic (exact) mass is 472 g/mol. The molecule has 1 amide bonds. The number of nitriles is 1. The van der Waals surface area contributed by atoms with E-state index in [1.165, 1.54) is 6.20 Å². The van der Waals surface area contributed by atoms with Crippen LogP contribution in [0.1, 0.15) is 33.5 Å². The lowest BCUT2D eigenvalue weighted by molar-refractivity contribution is 0.0526. The van der Waals surface area contributed by atoms with Crippen LogP contribution in [0.2, 0.25) is 0 Å². The van der Waals surface area contributed by atoms with Gasteiger partial charge in [-0.2, -0.15) is 10.5 Å². The minimum atomic E-state index is -0.442. The average molecular weight is 473 g/mol. The molecule has 1 aliphatic heterocycles. The van der Waals surface area contributed by atoms with Crippen molar-refractivity contribution < 1.29 is 14.3 Å². The Morgan fingerprint density at radius 3 is 2.57 bits per heavy atom. The summed E-state index contributed by atoms with van der Waals surface area (Å²) in [4.78, 5) is 29.1. The standard InChI is InChI=1S/C24H24N8O3/c1-2-35-24(34)18-8-9-21(20(14-18)26-16-19(15-25)22-27-29-30-28-22)31-10-12-32(13-11-31)23(33)17-6-4-3-5-7-17/h3-9,14,16,26H,2,10-13H2,1H3,(H,27,28,29,30). The predicted molar refractivity (Wildman–Crippen MR) is 128 cm³/mol. The molecule has 2 heterocycles. The van der Waals surface area contributed by atoms with Crippen LogP contribution in [0.5, 0.6) is 0 Å². The number of allylic oxidation sites excluding steroid dienone is 1. The molecule has 35 heavy (non-hydrogen) atoms. The fourth-order valence-electron chi connectivity index (χ4n) is 3.76. The Kier molecular flexibility index (Phi) is 7.32. The normalized spacial score (nSPS) is 13.8. The van der Waals surface area contributed by atoms with Crippen molar-refractivity contribution in [3.63, 3.8) is 0 Å². The molecule has 0 aliphatic carbocycles. The molecule has 2 N–H and O–H groups in total. The number of H-pyrrole nitrogens is 1. The number of carbonyl (C=O) groups is 2. The summed E-state index contributed by atoms with van der Waals surface area (Å²) in [6.07, 6.45) is 1.47. The summed E-state index contributed by atoms with van der Waals surface area (Å²) in [6, 6.07) is 16.5. The minimum absolute atomic E-state index is 0.00275. The zero-order valence-electron chi connectivity index (χ0n) is 19.1. The summed E-state index contributed by atoms with van der Waals surface area (Å²) in [6.45, 7) is 4.31. The molecule has 4 rings (SSSR count). The third-order valence-electron chi connectivity index (χ3n) is 5.51. The molecule has 1 saturated heterocycles. The Hall–Kier alpha value is -4.72. The van der Waals surface area contributed by atoms with Gasteiger partial charge < -0.3 is 19.9 Å². The minimum Gasteiger partial charge on any atom is -0.462 e. The number of benzene rings is 2. The van der Waals surface area contributed by atoms with E-state index in [9.17, 15) is 14.9 Å². The Balaban J connectivity index is 1.55. The maximum absolute atomic E-state index is 12.8. The first kappa shape index (κ1) is 23.4. The number of nitrogens with zero attached hydrogens (tertiary/aromatic N) is 6. The van der Waals surface area contributed by atoms with Crippen LogP contribution in [0, 0.1) is 11.3 Å². The maximum atomic E-state index is 12.8. The number of anilines is 2. The highest BCUT2D eigenvalue weighted by atomic mass is 16.5. The molecule has 0 unspecified atom stereocenters. The Bertz CT molecular complexity index is 1240. The smallest absolute Gasteiger partial charge is 0.338 e. The van der Waals surface area contributed by atoms with Gasteiger partial charge in [-0.25, -0.2) is 4.79 Å². The van der Waals surface area contributed by atoms with E-state index < -0.39 is 5.97 Å². The number of rotatable bonds is 7. The molecule has 0 radical (unpaired) electrons. The van der Waals surface area contributed by atoms with Gasteiger partial charge in [-0.3, -0.25) is 4.79 Å². The number of tetrazole rings is 1. The molecule has 0 atom stereocenters. The van der Waals surface area contributed by atoms with Gasteiger partial charge in [0.05, 0.1) is 23.5 Å². The number of hydrogen-bond acceptors (Lipinski definition) is 9. The molecule has 11 heteroatoms. The Labute approximate surface area is 202 Å². The number of carbonyl (C=O) groups excluding carboxylic acids is 2. The van der Waals surface area contributed by atoms with Crippen LogP contribution in [0.3, 0.4) is 0 Å². The van der Waals surface area contributed by atoms with Gasteiger partial charge in [0.25, 0.3) is 5.91 Å². The first-order chi connectivity index (χ1) is 17.1. The second-order valence-corrected chi connectivity index (χ2v) is 7.65. The summed E-state index contributed by atoms with van der Waals surface area (Å²) in [5.74, 6) is -0.290. The molecule has 178 valence electrons. The van der Waals surface area contributed by atoms with E-state index in [0.717, 1.165) is 5.69 Å². The number of amides is 1. The SMILES string of the molecule is CCOC(=O)c1ccc(N2CCN(C(=O)c3ccccc3)CC2)c(NC=C(C#N)c2nn[nH]n2)c1. The lowest BCUT2D eigenvalue weighted by Gasteiger charge is -2.37. The molecule has 1 fully saturated rings. The first-order valence-electron chi connectivity index (χ1n) is 11.1. The molecule has 1 aromatic heterocycles. The van der Waals surface area contributed by atoms with Gasteiger partial charge >= 0.3 is 5.97 Å². The van der Waals surface area contributed by atoms with Gasteiger partial charge in [-0.15, -0.1) is 10.2 Å². The van der Waals surface area contributed by atoms with E-state index >= 15 is 0 Å². The Morgan fingerprint density at radius 2 is 1.91 bits per heavy atom. The average Bonchev–Trinajstić information content (AvgIpc) is 3.44. The maximum Gasteiger partial charge on any atom is 0.338 e. The van der Waals surface area contributed by atoms with Crippen molar-refractivity contribution in [2.75, 3.05) is 43.0 Å². The number of hydrogen-bond donors (Lipinski definition) is 2. The van der Waals surface area contributed by atoms with Crippen molar-refractivity contribution >= 4 is 28.8 Å². The van der Waals surface area contributed by atoms with Crippen LogP contribution >= 0.6 is 0 Å². The fourth-order valence-corrected chi connectivity index (χ4v) is 3.76. The third kappa shape index (κ3) is 5.44. The van der Waals surface area contributed by atoms with Crippen molar-refractivity contribution in [1.29, 1.82) is 5.26 Å². The topological polar surface area (TPSA) is 140 Å². The molecule has 2 aromatic carbocycles. The van der Waals surface area contributed by atoms with Crippen molar-refractivity contribution in [2.24, 2.45) is 0 Å². The van der Waals surface area contributed by atoms with E-state index in [1.54, 1.807) is 19.1 Å². The zero-order chi connectivity index (χ0) is 24.6. The van der Waals surface area contributed by atoms with Crippen molar-refractivity contribution in [2.45, 2.75) is 6.92 Å². The van der Waals surface area contributed by atoms with Gasteiger partial charge in [0, 0.05) is 37.9 Å².